The third kappa shape index (κ3) is 4.69. The molecular weight excluding hydrogens is 354 g/mol. The molecule has 0 atom stereocenters. The van der Waals surface area contributed by atoms with Crippen LogP contribution in [0.25, 0.3) is 5.57 Å². The maximum atomic E-state index is 9.53. The fourth-order valence-corrected chi connectivity index (χ4v) is 4.17. The van der Waals surface area contributed by atoms with Crippen LogP contribution in [0.3, 0.4) is 0 Å². The van der Waals surface area contributed by atoms with Gasteiger partial charge in [0.1, 0.15) is 17.7 Å². The van der Waals surface area contributed by atoms with Crippen molar-refractivity contribution in [2.45, 2.75) is 58.3 Å². The third-order valence-electron chi connectivity index (χ3n) is 5.64. The number of hydrogen-bond acceptors (Lipinski definition) is 3. The van der Waals surface area contributed by atoms with Gasteiger partial charge in [-0.1, -0.05) is 88.3 Å². The lowest BCUT2D eigenvalue weighted by Crippen LogP contribution is -2.24. The van der Waals surface area contributed by atoms with E-state index in [0.717, 1.165) is 41.0 Å². The smallest absolute Gasteiger partial charge is 0.138 e. The summed E-state index contributed by atoms with van der Waals surface area (Å²) in [6.07, 6.45) is 10.3. The molecule has 3 heteroatoms. The average Bonchev–Trinajstić information content (AvgIpc) is 2.77. The normalized spacial score (nSPS) is 12.0. The minimum Gasteiger partial charge on any atom is -0.340 e. The second kappa shape index (κ2) is 10.5. The molecule has 0 radical (unpaired) electrons. The van der Waals surface area contributed by atoms with E-state index in [2.05, 4.69) is 36.1 Å². The molecule has 0 aromatic heterocycles. The first-order valence-corrected chi connectivity index (χ1v) is 10.8. The van der Waals surface area contributed by atoms with Crippen molar-refractivity contribution in [2.75, 3.05) is 11.4 Å². The largest absolute Gasteiger partial charge is 0.340 e. The van der Waals surface area contributed by atoms with Crippen molar-refractivity contribution >= 4 is 16.9 Å². The molecule has 3 rings (SSSR count). The predicted molar refractivity (Wildman–Crippen MR) is 120 cm³/mol. The number of allylic oxidation sites excluding steroid dienone is 1. The van der Waals surface area contributed by atoms with E-state index in [-0.39, 0.29) is 5.57 Å². The molecule has 3 nitrogen and oxygen atoms in total. The van der Waals surface area contributed by atoms with Crippen LogP contribution in [0.4, 0.5) is 11.4 Å². The zero-order chi connectivity index (χ0) is 20.5. The summed E-state index contributed by atoms with van der Waals surface area (Å²) in [6.45, 7) is 3.20. The molecule has 0 saturated heterocycles. The highest BCUT2D eigenvalue weighted by molar-refractivity contribution is 6.00. The number of anilines is 2. The number of hydrogen-bond donors (Lipinski definition) is 0. The summed E-state index contributed by atoms with van der Waals surface area (Å²) >= 11 is 0. The van der Waals surface area contributed by atoms with Gasteiger partial charge in [-0.25, -0.2) is 0 Å². The van der Waals surface area contributed by atoms with Crippen LogP contribution >= 0.6 is 0 Å². The molecule has 0 N–H and O–H groups in total. The Morgan fingerprint density at radius 2 is 1.21 bits per heavy atom. The lowest BCUT2D eigenvalue weighted by atomic mass is 9.87. The molecule has 1 heterocycles. The van der Waals surface area contributed by atoms with Crippen molar-refractivity contribution in [3.05, 3.63) is 65.2 Å². The van der Waals surface area contributed by atoms with Gasteiger partial charge < -0.3 is 4.90 Å². The van der Waals surface area contributed by atoms with Crippen molar-refractivity contribution in [3.63, 3.8) is 0 Å². The topological polar surface area (TPSA) is 50.8 Å². The van der Waals surface area contributed by atoms with Crippen LogP contribution in [0.15, 0.2) is 54.1 Å². The fourth-order valence-electron chi connectivity index (χ4n) is 4.17. The Morgan fingerprint density at radius 1 is 0.724 bits per heavy atom. The molecule has 1 aliphatic rings. The van der Waals surface area contributed by atoms with E-state index >= 15 is 0 Å². The lowest BCUT2D eigenvalue weighted by molar-refractivity contribution is 0.577. The minimum absolute atomic E-state index is 0.177. The molecule has 0 bridgehead atoms. The molecule has 0 aliphatic carbocycles. The molecule has 2 aromatic carbocycles. The summed E-state index contributed by atoms with van der Waals surface area (Å²) in [4.78, 5) is 2.36. The van der Waals surface area contributed by atoms with Crippen LogP contribution < -0.4 is 4.90 Å². The van der Waals surface area contributed by atoms with Gasteiger partial charge in [-0.2, -0.15) is 10.5 Å². The van der Waals surface area contributed by atoms with E-state index in [1.807, 2.05) is 36.4 Å². The zero-order valence-corrected chi connectivity index (χ0v) is 17.3. The van der Waals surface area contributed by atoms with Crippen LogP contribution in [-0.2, 0) is 0 Å². The molecule has 0 saturated carbocycles. The molecule has 0 spiro atoms. The Morgan fingerprint density at radius 3 is 1.72 bits per heavy atom. The van der Waals surface area contributed by atoms with Gasteiger partial charge in [0, 0.05) is 34.6 Å². The van der Waals surface area contributed by atoms with Crippen LogP contribution in [0.5, 0.6) is 0 Å². The number of benzene rings is 2. The summed E-state index contributed by atoms with van der Waals surface area (Å²) in [7, 11) is 0. The first-order valence-electron chi connectivity index (χ1n) is 10.8. The van der Waals surface area contributed by atoms with Gasteiger partial charge in [0.2, 0.25) is 0 Å². The fraction of sp³-hybridized carbons (Fsp3) is 0.385. The van der Waals surface area contributed by atoms with E-state index < -0.39 is 0 Å². The maximum Gasteiger partial charge on any atom is 0.138 e. The highest BCUT2D eigenvalue weighted by Crippen LogP contribution is 2.46. The number of para-hydroxylation sites is 2. The Hall–Kier alpha value is -3.04. The van der Waals surface area contributed by atoms with Gasteiger partial charge in [-0.15, -0.1) is 0 Å². The van der Waals surface area contributed by atoms with Crippen LogP contribution in [-0.4, -0.2) is 6.54 Å². The summed E-state index contributed by atoms with van der Waals surface area (Å²) < 4.78 is 0. The number of nitriles is 2. The molecule has 2 aromatic rings. The van der Waals surface area contributed by atoms with E-state index in [4.69, 9.17) is 0 Å². The molecule has 0 unspecified atom stereocenters. The van der Waals surface area contributed by atoms with Crippen molar-refractivity contribution in [1.82, 2.24) is 0 Å². The number of rotatable bonds is 9. The third-order valence-corrected chi connectivity index (χ3v) is 5.64. The highest BCUT2D eigenvalue weighted by atomic mass is 15.1. The zero-order valence-electron chi connectivity index (χ0n) is 17.3. The van der Waals surface area contributed by atoms with Gasteiger partial charge >= 0.3 is 0 Å². The summed E-state index contributed by atoms with van der Waals surface area (Å²) in [5.74, 6) is 0. The van der Waals surface area contributed by atoms with Crippen molar-refractivity contribution in [2.24, 2.45) is 0 Å². The molecule has 1 aliphatic heterocycles. The van der Waals surface area contributed by atoms with Gasteiger partial charge in [0.15, 0.2) is 0 Å². The predicted octanol–water partition coefficient (Wildman–Crippen LogP) is 7.13. The monoisotopic (exact) mass is 383 g/mol. The summed E-state index contributed by atoms with van der Waals surface area (Å²) in [6, 6.07) is 20.5. The van der Waals surface area contributed by atoms with Gasteiger partial charge in [-0.05, 0) is 18.6 Å². The van der Waals surface area contributed by atoms with Crippen molar-refractivity contribution in [3.8, 4) is 12.1 Å². The number of unbranched alkanes of at least 4 members (excludes halogenated alkanes) is 7. The van der Waals surface area contributed by atoms with Crippen LogP contribution in [0, 0.1) is 22.7 Å². The standard InChI is InChI=1S/C26H29N3/c1-2-3-4-5-6-7-8-13-18-29-24-16-11-9-14-22(24)26(21(19-27)20-28)23-15-10-12-17-25(23)29/h9-12,14-17H,2-8,13,18H2,1H3. The van der Waals surface area contributed by atoms with E-state index in [1.54, 1.807) is 0 Å². The van der Waals surface area contributed by atoms with Gasteiger partial charge in [0.05, 0.1) is 0 Å². The van der Waals surface area contributed by atoms with E-state index in [0.29, 0.717) is 0 Å². The second-order valence-electron chi connectivity index (χ2n) is 7.63. The Bertz CT molecular complexity index is 877. The van der Waals surface area contributed by atoms with E-state index in [1.165, 1.54) is 44.9 Å². The molecule has 0 fully saturated rings. The molecular formula is C26H29N3. The Labute approximate surface area is 174 Å². The number of nitrogens with zero attached hydrogens (tertiary/aromatic N) is 3. The second-order valence-corrected chi connectivity index (χ2v) is 7.63. The summed E-state index contributed by atoms with van der Waals surface area (Å²) in [5, 5.41) is 19.1. The van der Waals surface area contributed by atoms with Gasteiger partial charge in [0.25, 0.3) is 0 Å². The van der Waals surface area contributed by atoms with Crippen LogP contribution in [0.2, 0.25) is 0 Å². The van der Waals surface area contributed by atoms with Crippen molar-refractivity contribution in [1.29, 1.82) is 10.5 Å². The molecule has 0 amide bonds. The lowest BCUT2D eigenvalue weighted by Gasteiger charge is -2.34. The quantitative estimate of drug-likeness (QED) is 0.342. The molecule has 29 heavy (non-hydrogen) atoms. The SMILES string of the molecule is CCCCCCCCCCN1c2ccccc2C(=C(C#N)C#N)c2ccccc21. The minimum atomic E-state index is 0.177. The Balaban J connectivity index is 1.80. The Kier molecular flexibility index (Phi) is 7.48. The van der Waals surface area contributed by atoms with Gasteiger partial charge in [-0.3, -0.25) is 0 Å². The first kappa shape index (κ1) is 20.7. The average molecular weight is 384 g/mol. The first-order chi connectivity index (χ1) is 14.3. The summed E-state index contributed by atoms with van der Waals surface area (Å²) in [5.41, 5.74) is 5.07. The van der Waals surface area contributed by atoms with Crippen molar-refractivity contribution < 1.29 is 0 Å². The van der Waals surface area contributed by atoms with E-state index in [9.17, 15) is 10.5 Å². The molecule has 148 valence electrons. The van der Waals surface area contributed by atoms with Crippen LogP contribution in [0.1, 0.15) is 69.4 Å². The number of fused-ring (bicyclic) bond motifs is 2. The highest BCUT2D eigenvalue weighted by Gasteiger charge is 2.27. The maximum absolute atomic E-state index is 9.53.